The van der Waals surface area contributed by atoms with Crippen molar-refractivity contribution in [1.82, 2.24) is 9.55 Å². The molecular weight excluding hydrogens is 216 g/mol. The van der Waals surface area contributed by atoms with Crippen LogP contribution in [-0.2, 0) is 6.54 Å². The molecule has 1 heterocycles. The monoisotopic (exact) mass is 230 g/mol. The number of hydrazone groups is 1. The van der Waals surface area contributed by atoms with E-state index in [4.69, 9.17) is 10.6 Å². The Hall–Kier alpha value is -2.30. The molecule has 0 aliphatic carbocycles. The number of ether oxygens (including phenoxy) is 1. The fourth-order valence-electron chi connectivity index (χ4n) is 1.42. The number of nitrogens with zero attached hydrogens (tertiary/aromatic N) is 3. The molecule has 0 atom stereocenters. The first kappa shape index (κ1) is 11.2. The summed E-state index contributed by atoms with van der Waals surface area (Å²) in [5.41, 5.74) is 0.953. The van der Waals surface area contributed by atoms with Crippen LogP contribution in [0, 0.1) is 0 Å². The molecule has 5 heteroatoms. The minimum absolute atomic E-state index is 0.612. The quantitative estimate of drug-likeness (QED) is 0.477. The third-order valence-corrected chi connectivity index (χ3v) is 2.28. The predicted molar refractivity (Wildman–Crippen MR) is 65.9 cm³/mol. The maximum atomic E-state index is 5.59. The van der Waals surface area contributed by atoms with Gasteiger partial charge in [0.25, 0.3) is 0 Å². The summed E-state index contributed by atoms with van der Waals surface area (Å²) >= 11 is 0. The van der Waals surface area contributed by atoms with Crippen molar-refractivity contribution in [1.29, 1.82) is 0 Å². The van der Waals surface area contributed by atoms with Crippen LogP contribution in [0.25, 0.3) is 0 Å². The number of rotatable bonds is 5. The molecule has 1 aromatic heterocycles. The first-order valence-electron chi connectivity index (χ1n) is 5.30. The molecule has 0 fully saturated rings. The average Bonchev–Trinajstić information content (AvgIpc) is 2.85. The number of hydrogen-bond donors (Lipinski definition) is 1. The molecule has 0 bridgehead atoms. The summed E-state index contributed by atoms with van der Waals surface area (Å²) < 4.78 is 7.56. The normalized spacial score (nSPS) is 10.8. The summed E-state index contributed by atoms with van der Waals surface area (Å²) in [6.07, 6.45) is 7.02. The highest BCUT2D eigenvalue weighted by molar-refractivity contribution is 5.79. The molecule has 1 aromatic carbocycles. The molecule has 0 saturated carbocycles. The van der Waals surface area contributed by atoms with Crippen molar-refractivity contribution in [3.63, 3.8) is 0 Å². The largest absolute Gasteiger partial charge is 0.492 e. The Bertz CT molecular complexity index is 462. The third kappa shape index (κ3) is 3.34. The molecule has 0 spiro atoms. The Kier molecular flexibility index (Phi) is 3.75. The molecule has 0 amide bonds. The molecule has 88 valence electrons. The second kappa shape index (κ2) is 5.69. The SMILES string of the molecule is NN=Cc1ccc(OCCn2ccnc2)cc1. The fraction of sp³-hybridized carbons (Fsp3) is 0.167. The van der Waals surface area contributed by atoms with Gasteiger partial charge in [-0.25, -0.2) is 4.98 Å². The molecule has 0 aliphatic heterocycles. The smallest absolute Gasteiger partial charge is 0.119 e. The maximum absolute atomic E-state index is 5.59. The molecule has 17 heavy (non-hydrogen) atoms. The van der Waals surface area contributed by atoms with Gasteiger partial charge in [-0.1, -0.05) is 0 Å². The van der Waals surface area contributed by atoms with Crippen molar-refractivity contribution in [3.8, 4) is 5.75 Å². The predicted octanol–water partition coefficient (Wildman–Crippen LogP) is 1.25. The highest BCUT2D eigenvalue weighted by atomic mass is 16.5. The number of nitrogens with two attached hydrogens (primary N) is 1. The summed E-state index contributed by atoms with van der Waals surface area (Å²) in [7, 11) is 0. The zero-order valence-corrected chi connectivity index (χ0v) is 9.36. The Labute approximate surface area is 99.5 Å². The van der Waals surface area contributed by atoms with E-state index in [-0.39, 0.29) is 0 Å². The molecule has 5 nitrogen and oxygen atoms in total. The highest BCUT2D eigenvalue weighted by Gasteiger charge is 1.94. The van der Waals surface area contributed by atoms with Crippen molar-refractivity contribution in [3.05, 3.63) is 48.5 Å². The van der Waals surface area contributed by atoms with Crippen LogP contribution in [0.3, 0.4) is 0 Å². The van der Waals surface area contributed by atoms with Gasteiger partial charge >= 0.3 is 0 Å². The van der Waals surface area contributed by atoms with Crippen LogP contribution in [0.5, 0.6) is 5.75 Å². The van der Waals surface area contributed by atoms with Crippen LogP contribution >= 0.6 is 0 Å². The molecule has 0 saturated heterocycles. The second-order valence-electron chi connectivity index (χ2n) is 3.50. The summed E-state index contributed by atoms with van der Waals surface area (Å²) in [5.74, 6) is 5.90. The second-order valence-corrected chi connectivity index (χ2v) is 3.50. The Morgan fingerprint density at radius 2 is 2.18 bits per heavy atom. The molecule has 2 rings (SSSR count). The van der Waals surface area contributed by atoms with Crippen molar-refractivity contribution in [2.45, 2.75) is 6.54 Å². The lowest BCUT2D eigenvalue weighted by Crippen LogP contribution is -2.06. The zero-order valence-electron chi connectivity index (χ0n) is 9.36. The number of imidazole rings is 1. The minimum atomic E-state index is 0.612. The van der Waals surface area contributed by atoms with Crippen LogP contribution < -0.4 is 10.6 Å². The lowest BCUT2D eigenvalue weighted by atomic mass is 10.2. The highest BCUT2D eigenvalue weighted by Crippen LogP contribution is 2.11. The molecule has 2 N–H and O–H groups in total. The van der Waals surface area contributed by atoms with Gasteiger partial charge in [0, 0.05) is 12.4 Å². The third-order valence-electron chi connectivity index (χ3n) is 2.28. The topological polar surface area (TPSA) is 65.4 Å². The first-order chi connectivity index (χ1) is 8.38. The molecule has 0 unspecified atom stereocenters. The molecule has 2 aromatic rings. The molecule has 0 radical (unpaired) electrons. The number of benzene rings is 1. The Morgan fingerprint density at radius 1 is 1.35 bits per heavy atom. The van der Waals surface area contributed by atoms with Gasteiger partial charge in [-0.15, -0.1) is 0 Å². The summed E-state index contributed by atoms with van der Waals surface area (Å²) in [4.78, 5) is 3.96. The van der Waals surface area contributed by atoms with Crippen molar-refractivity contribution < 1.29 is 4.74 Å². The van der Waals surface area contributed by atoms with Crippen LogP contribution in [0.1, 0.15) is 5.56 Å². The van der Waals surface area contributed by atoms with E-state index >= 15 is 0 Å². The average molecular weight is 230 g/mol. The Balaban J connectivity index is 1.83. The van der Waals surface area contributed by atoms with Gasteiger partial charge in [0.05, 0.1) is 19.1 Å². The summed E-state index contributed by atoms with van der Waals surface area (Å²) in [5, 5.41) is 3.46. The summed E-state index contributed by atoms with van der Waals surface area (Å²) in [6.45, 7) is 1.40. The lowest BCUT2D eigenvalue weighted by Gasteiger charge is -2.06. The van der Waals surface area contributed by atoms with E-state index in [9.17, 15) is 0 Å². The minimum Gasteiger partial charge on any atom is -0.492 e. The van der Waals surface area contributed by atoms with E-state index in [0.29, 0.717) is 6.61 Å². The van der Waals surface area contributed by atoms with E-state index in [1.165, 1.54) is 0 Å². The van der Waals surface area contributed by atoms with E-state index in [1.807, 2.05) is 35.0 Å². The van der Waals surface area contributed by atoms with E-state index < -0.39 is 0 Å². The number of hydrogen-bond acceptors (Lipinski definition) is 4. The summed E-state index contributed by atoms with van der Waals surface area (Å²) in [6, 6.07) is 7.60. The fourth-order valence-corrected chi connectivity index (χ4v) is 1.42. The Morgan fingerprint density at radius 3 is 2.82 bits per heavy atom. The van der Waals surface area contributed by atoms with Gasteiger partial charge in [0.1, 0.15) is 12.4 Å². The van der Waals surface area contributed by atoms with Crippen molar-refractivity contribution >= 4 is 6.21 Å². The maximum Gasteiger partial charge on any atom is 0.119 e. The molecule has 0 aliphatic rings. The van der Waals surface area contributed by atoms with Crippen LogP contribution in [0.15, 0.2) is 48.1 Å². The van der Waals surface area contributed by atoms with Crippen molar-refractivity contribution in [2.75, 3.05) is 6.61 Å². The van der Waals surface area contributed by atoms with E-state index in [0.717, 1.165) is 17.9 Å². The van der Waals surface area contributed by atoms with E-state index in [1.54, 1.807) is 18.7 Å². The van der Waals surface area contributed by atoms with Crippen LogP contribution in [0.4, 0.5) is 0 Å². The van der Waals surface area contributed by atoms with Gasteiger partial charge in [-0.3, -0.25) is 0 Å². The van der Waals surface area contributed by atoms with E-state index in [2.05, 4.69) is 10.1 Å². The van der Waals surface area contributed by atoms with Crippen LogP contribution in [-0.4, -0.2) is 22.4 Å². The van der Waals surface area contributed by atoms with Crippen molar-refractivity contribution in [2.24, 2.45) is 10.9 Å². The lowest BCUT2D eigenvalue weighted by molar-refractivity contribution is 0.298. The first-order valence-corrected chi connectivity index (χ1v) is 5.30. The van der Waals surface area contributed by atoms with Gasteiger partial charge < -0.3 is 15.1 Å². The van der Waals surface area contributed by atoms with Crippen LogP contribution in [0.2, 0.25) is 0 Å². The molecular formula is C12H14N4O. The standard InChI is InChI=1S/C12H14N4O/c13-15-9-11-1-3-12(4-2-11)17-8-7-16-6-5-14-10-16/h1-6,9-10H,7-8,13H2. The van der Waals surface area contributed by atoms with Gasteiger partial charge in [0.15, 0.2) is 0 Å². The number of aromatic nitrogens is 2. The zero-order chi connectivity index (χ0) is 11.9. The van der Waals surface area contributed by atoms with Gasteiger partial charge in [-0.2, -0.15) is 5.10 Å². The van der Waals surface area contributed by atoms with Gasteiger partial charge in [-0.05, 0) is 29.8 Å². The van der Waals surface area contributed by atoms with Gasteiger partial charge in [0.2, 0.25) is 0 Å².